The van der Waals surface area contributed by atoms with E-state index in [1.807, 2.05) is 13.1 Å². The molecule has 4 heterocycles. The van der Waals surface area contributed by atoms with Gasteiger partial charge in [0.15, 0.2) is 11.5 Å². The van der Waals surface area contributed by atoms with Crippen LogP contribution in [0.15, 0.2) is 36.9 Å². The Bertz CT molecular complexity index is 1150. The van der Waals surface area contributed by atoms with Gasteiger partial charge in [-0.3, -0.25) is 9.67 Å². The summed E-state index contributed by atoms with van der Waals surface area (Å²) in [5.41, 5.74) is 1.20. The molecule has 0 unspecified atom stereocenters. The van der Waals surface area contributed by atoms with E-state index in [1.165, 1.54) is 18.5 Å². The van der Waals surface area contributed by atoms with Crippen molar-refractivity contribution in [2.24, 2.45) is 14.1 Å². The fourth-order valence-corrected chi connectivity index (χ4v) is 2.56. The summed E-state index contributed by atoms with van der Waals surface area (Å²) in [4.78, 5) is 23.8. The lowest BCUT2D eigenvalue weighted by atomic mass is 10.2. The molecule has 0 atom stereocenters. The highest BCUT2D eigenvalue weighted by Crippen LogP contribution is 2.25. The summed E-state index contributed by atoms with van der Waals surface area (Å²) in [6.45, 7) is 0. The average molecular weight is 365 g/mol. The SMILES string of the molecule is Cn1nccc1Nc1ncc2c(Nc3cncc(C(=O)O)c3)nn(C)c2n1. The van der Waals surface area contributed by atoms with E-state index < -0.39 is 5.97 Å². The van der Waals surface area contributed by atoms with Crippen LogP contribution in [0.4, 0.5) is 23.3 Å². The Morgan fingerprint density at radius 2 is 2.00 bits per heavy atom. The Morgan fingerprint density at radius 3 is 2.74 bits per heavy atom. The van der Waals surface area contributed by atoms with Crippen LogP contribution in [0.25, 0.3) is 11.0 Å². The summed E-state index contributed by atoms with van der Waals surface area (Å²) in [5.74, 6) is 0.622. The van der Waals surface area contributed by atoms with Gasteiger partial charge in [0.05, 0.1) is 29.0 Å². The van der Waals surface area contributed by atoms with Crippen LogP contribution in [-0.4, -0.2) is 45.6 Å². The van der Waals surface area contributed by atoms with Gasteiger partial charge in [-0.05, 0) is 6.07 Å². The summed E-state index contributed by atoms with van der Waals surface area (Å²) >= 11 is 0. The number of nitrogens with one attached hydrogen (secondary N) is 2. The molecule has 3 N–H and O–H groups in total. The highest BCUT2D eigenvalue weighted by Gasteiger charge is 2.13. The average Bonchev–Trinajstić information content (AvgIpc) is 3.19. The number of aromatic nitrogens is 7. The molecule has 0 saturated heterocycles. The van der Waals surface area contributed by atoms with Crippen LogP contribution in [0.1, 0.15) is 10.4 Å². The van der Waals surface area contributed by atoms with Crippen molar-refractivity contribution in [1.82, 2.24) is 34.5 Å². The summed E-state index contributed by atoms with van der Waals surface area (Å²) in [6.07, 6.45) is 6.12. The minimum absolute atomic E-state index is 0.0825. The van der Waals surface area contributed by atoms with E-state index in [2.05, 4.69) is 35.8 Å². The van der Waals surface area contributed by atoms with Gasteiger partial charge >= 0.3 is 5.97 Å². The quantitative estimate of drug-likeness (QED) is 0.482. The second-order valence-electron chi connectivity index (χ2n) is 5.76. The molecule has 0 aromatic carbocycles. The number of aromatic carboxylic acids is 1. The van der Waals surface area contributed by atoms with Crippen molar-refractivity contribution in [2.45, 2.75) is 0 Å². The Kier molecular flexibility index (Phi) is 3.88. The third-order valence-electron chi connectivity index (χ3n) is 3.89. The molecule has 4 rings (SSSR count). The Morgan fingerprint density at radius 1 is 1.15 bits per heavy atom. The summed E-state index contributed by atoms with van der Waals surface area (Å²) in [5, 5.41) is 24.4. The van der Waals surface area contributed by atoms with Crippen molar-refractivity contribution in [1.29, 1.82) is 0 Å². The largest absolute Gasteiger partial charge is 0.478 e. The number of nitrogens with zero attached hydrogens (tertiary/aromatic N) is 7. The van der Waals surface area contributed by atoms with E-state index in [-0.39, 0.29) is 5.56 Å². The first kappa shape index (κ1) is 16.4. The van der Waals surface area contributed by atoms with Gasteiger partial charge in [0, 0.05) is 32.6 Å². The van der Waals surface area contributed by atoms with Crippen LogP contribution in [0, 0.1) is 0 Å². The van der Waals surface area contributed by atoms with Crippen molar-refractivity contribution < 1.29 is 9.90 Å². The molecular weight excluding hydrogens is 350 g/mol. The monoisotopic (exact) mass is 365 g/mol. The van der Waals surface area contributed by atoms with Crippen LogP contribution in [-0.2, 0) is 14.1 Å². The smallest absolute Gasteiger partial charge is 0.337 e. The van der Waals surface area contributed by atoms with Crippen LogP contribution in [0.3, 0.4) is 0 Å². The van der Waals surface area contributed by atoms with Gasteiger partial charge in [-0.15, -0.1) is 0 Å². The molecule has 11 heteroatoms. The number of hydrogen-bond acceptors (Lipinski definition) is 8. The van der Waals surface area contributed by atoms with E-state index in [1.54, 1.807) is 28.8 Å². The molecule has 27 heavy (non-hydrogen) atoms. The maximum Gasteiger partial charge on any atom is 0.337 e. The zero-order valence-electron chi connectivity index (χ0n) is 14.5. The Balaban J connectivity index is 1.66. The van der Waals surface area contributed by atoms with Crippen molar-refractivity contribution in [2.75, 3.05) is 10.6 Å². The third-order valence-corrected chi connectivity index (χ3v) is 3.89. The van der Waals surface area contributed by atoms with Gasteiger partial charge in [-0.25, -0.2) is 14.5 Å². The van der Waals surface area contributed by atoms with E-state index in [9.17, 15) is 4.79 Å². The number of fused-ring (bicyclic) bond motifs is 1. The molecule has 0 amide bonds. The first-order valence-electron chi connectivity index (χ1n) is 7.91. The van der Waals surface area contributed by atoms with Gasteiger partial charge in [-0.1, -0.05) is 0 Å². The normalized spacial score (nSPS) is 10.9. The van der Waals surface area contributed by atoms with E-state index in [0.29, 0.717) is 28.5 Å². The predicted molar refractivity (Wildman–Crippen MR) is 97.3 cm³/mol. The number of rotatable bonds is 5. The number of hydrogen-bond donors (Lipinski definition) is 3. The molecule has 4 aromatic heterocycles. The van der Waals surface area contributed by atoms with Gasteiger partial charge < -0.3 is 15.7 Å². The van der Waals surface area contributed by atoms with Crippen molar-refractivity contribution in [3.63, 3.8) is 0 Å². The van der Waals surface area contributed by atoms with Gasteiger partial charge in [0.25, 0.3) is 0 Å². The number of aryl methyl sites for hydroxylation is 2. The van der Waals surface area contributed by atoms with Crippen LogP contribution in [0.2, 0.25) is 0 Å². The maximum absolute atomic E-state index is 11.1. The fourth-order valence-electron chi connectivity index (χ4n) is 2.56. The zero-order valence-corrected chi connectivity index (χ0v) is 14.5. The molecule has 0 bridgehead atoms. The minimum atomic E-state index is -1.05. The zero-order chi connectivity index (χ0) is 19.0. The molecule has 0 aliphatic carbocycles. The highest BCUT2D eigenvalue weighted by atomic mass is 16.4. The lowest BCUT2D eigenvalue weighted by Crippen LogP contribution is -2.03. The topological polar surface area (TPSA) is 136 Å². The molecule has 136 valence electrons. The Labute approximate surface area is 152 Å². The van der Waals surface area contributed by atoms with Gasteiger partial charge in [-0.2, -0.15) is 15.2 Å². The molecule has 0 fully saturated rings. The third kappa shape index (κ3) is 3.13. The maximum atomic E-state index is 11.1. The lowest BCUT2D eigenvalue weighted by Gasteiger charge is -2.05. The first-order chi connectivity index (χ1) is 13.0. The van der Waals surface area contributed by atoms with Crippen molar-refractivity contribution in [3.05, 3.63) is 42.5 Å². The molecular formula is C16H15N9O2. The number of carbonyl (C=O) groups is 1. The van der Waals surface area contributed by atoms with Crippen LogP contribution in [0.5, 0.6) is 0 Å². The van der Waals surface area contributed by atoms with E-state index in [0.717, 1.165) is 5.82 Å². The summed E-state index contributed by atoms with van der Waals surface area (Å²) < 4.78 is 3.29. The molecule has 11 nitrogen and oxygen atoms in total. The summed E-state index contributed by atoms with van der Waals surface area (Å²) in [6, 6.07) is 3.29. The number of anilines is 4. The standard InChI is InChI=1S/C16H15N9O2/c1-24-12(3-4-19-24)21-16-18-8-11-13(23-25(2)14(11)22-16)20-10-5-9(15(26)27)6-17-7-10/h3-8H,1-2H3,(H,20,23)(H,26,27)(H,18,21,22). The predicted octanol–water partition coefficient (Wildman–Crippen LogP) is 1.68. The van der Waals surface area contributed by atoms with E-state index >= 15 is 0 Å². The second kappa shape index (κ2) is 6.37. The first-order valence-corrected chi connectivity index (χ1v) is 7.91. The second-order valence-corrected chi connectivity index (χ2v) is 5.76. The van der Waals surface area contributed by atoms with Crippen molar-refractivity contribution >= 4 is 40.3 Å². The molecule has 0 aliphatic heterocycles. The molecule has 4 aromatic rings. The minimum Gasteiger partial charge on any atom is -0.478 e. The number of carboxylic acid groups (broad SMARTS) is 1. The molecule has 0 aliphatic rings. The van der Waals surface area contributed by atoms with E-state index in [4.69, 9.17) is 5.11 Å². The Hall–Kier alpha value is -4.02. The molecule has 0 saturated carbocycles. The number of pyridine rings is 1. The van der Waals surface area contributed by atoms with Crippen molar-refractivity contribution in [3.8, 4) is 0 Å². The molecule has 0 radical (unpaired) electrons. The van der Waals surface area contributed by atoms with Gasteiger partial charge in [0.1, 0.15) is 5.82 Å². The van der Waals surface area contributed by atoms with Crippen LogP contribution < -0.4 is 10.6 Å². The summed E-state index contributed by atoms with van der Waals surface area (Å²) in [7, 11) is 3.58. The fraction of sp³-hybridized carbons (Fsp3) is 0.125. The van der Waals surface area contributed by atoms with Crippen LogP contribution >= 0.6 is 0 Å². The number of carboxylic acids is 1. The molecule has 0 spiro atoms. The van der Waals surface area contributed by atoms with Gasteiger partial charge in [0.2, 0.25) is 5.95 Å². The highest BCUT2D eigenvalue weighted by molar-refractivity contribution is 5.91. The lowest BCUT2D eigenvalue weighted by molar-refractivity contribution is 0.0696.